The van der Waals surface area contributed by atoms with Crippen molar-refractivity contribution < 1.29 is 27.5 Å². The molecule has 0 radical (unpaired) electrons. The number of nitrogens with one attached hydrogen (secondary N) is 1. The van der Waals surface area contributed by atoms with Crippen LogP contribution in [0.15, 0.2) is 34.5 Å². The van der Waals surface area contributed by atoms with Crippen LogP contribution >= 0.6 is 11.3 Å². The zero-order valence-corrected chi connectivity index (χ0v) is 20.8. The van der Waals surface area contributed by atoms with Crippen LogP contribution in [0, 0.1) is 5.92 Å². The lowest BCUT2D eigenvalue weighted by atomic mass is 9.99. The molecule has 1 N–H and O–H groups in total. The van der Waals surface area contributed by atoms with Crippen LogP contribution < -0.4 is 5.32 Å². The molecule has 1 heterocycles. The number of aromatic nitrogens is 1. The second-order valence-electron chi connectivity index (χ2n) is 8.56. The number of benzene rings is 1. The molecule has 0 aliphatic carbocycles. The molecule has 0 unspecified atom stereocenters. The summed E-state index contributed by atoms with van der Waals surface area (Å²) in [6, 6.07) is 5.61. The molecule has 0 spiro atoms. The highest BCUT2D eigenvalue weighted by atomic mass is 32.2. The third-order valence-corrected chi connectivity index (χ3v) is 6.65. The highest BCUT2D eigenvalue weighted by Crippen LogP contribution is 2.25. The van der Waals surface area contributed by atoms with Gasteiger partial charge in [0.1, 0.15) is 23.3 Å². The normalized spacial score (nSPS) is 13.8. The maximum atomic E-state index is 12.7. The number of nitrogens with zero attached hydrogens (tertiary/aromatic N) is 1. The molecule has 0 aliphatic rings. The number of thiazole rings is 1. The summed E-state index contributed by atoms with van der Waals surface area (Å²) in [5.74, 6) is -0.702. The molecule has 8 nitrogen and oxygen atoms in total. The van der Waals surface area contributed by atoms with E-state index in [-0.39, 0.29) is 17.4 Å². The first-order valence-corrected chi connectivity index (χ1v) is 13.0. The number of ether oxygens (including phenoxy) is 2. The second-order valence-corrected chi connectivity index (χ2v) is 11.4. The van der Waals surface area contributed by atoms with Crippen molar-refractivity contribution in [3.05, 3.63) is 35.3 Å². The van der Waals surface area contributed by atoms with Crippen molar-refractivity contribution in [3.8, 4) is 10.6 Å². The molecule has 0 aliphatic heterocycles. The minimum atomic E-state index is -3.26. The maximum absolute atomic E-state index is 12.7. The molecule has 176 valence electrons. The van der Waals surface area contributed by atoms with Crippen LogP contribution in [0.4, 0.5) is 4.79 Å². The van der Waals surface area contributed by atoms with Crippen LogP contribution in [0.1, 0.15) is 46.7 Å². The molecule has 32 heavy (non-hydrogen) atoms. The van der Waals surface area contributed by atoms with E-state index in [0.29, 0.717) is 17.1 Å². The van der Waals surface area contributed by atoms with Gasteiger partial charge >= 0.3 is 12.1 Å². The highest BCUT2D eigenvalue weighted by molar-refractivity contribution is 7.90. The molecule has 1 aromatic carbocycles. The standard InChI is InChI=1S/C22H30N2O6S2/c1-7-14(2)18(24-21(26)30-22(3,4)5)20(25)29-12-16-13-31-19(23-16)15-8-10-17(11-9-15)32(6,27)28/h8-11,13-14,18H,7,12H2,1-6H3,(H,24,26)/t14-,18-/m1/s1. The number of alkyl carbamates (subject to hydrolysis) is 1. The van der Waals surface area contributed by atoms with E-state index in [1.165, 1.54) is 23.5 Å². The van der Waals surface area contributed by atoms with Gasteiger partial charge in [0.05, 0.1) is 10.6 Å². The number of hydrogen-bond donors (Lipinski definition) is 1. The summed E-state index contributed by atoms with van der Waals surface area (Å²) < 4.78 is 33.9. The lowest BCUT2D eigenvalue weighted by Crippen LogP contribution is -2.47. The Bertz CT molecular complexity index is 1040. The predicted molar refractivity (Wildman–Crippen MR) is 123 cm³/mol. The summed E-state index contributed by atoms with van der Waals surface area (Å²) >= 11 is 1.36. The Balaban J connectivity index is 2.03. The van der Waals surface area contributed by atoms with Gasteiger partial charge in [-0.2, -0.15) is 0 Å². The summed E-state index contributed by atoms with van der Waals surface area (Å²) in [5, 5.41) is 5.06. The highest BCUT2D eigenvalue weighted by Gasteiger charge is 2.29. The second kappa shape index (κ2) is 10.4. The van der Waals surface area contributed by atoms with Crippen LogP contribution in [0.3, 0.4) is 0 Å². The molecule has 0 saturated heterocycles. The minimum absolute atomic E-state index is 0.0420. The van der Waals surface area contributed by atoms with E-state index in [1.807, 2.05) is 13.8 Å². The van der Waals surface area contributed by atoms with E-state index in [2.05, 4.69) is 10.3 Å². The molecule has 2 rings (SSSR count). The quantitative estimate of drug-likeness (QED) is 0.561. The summed E-state index contributed by atoms with van der Waals surface area (Å²) in [4.78, 5) is 29.5. The zero-order valence-electron chi connectivity index (χ0n) is 19.2. The summed E-state index contributed by atoms with van der Waals surface area (Å²) in [7, 11) is -3.26. The Hall–Kier alpha value is -2.46. The van der Waals surface area contributed by atoms with Gasteiger partial charge in [-0.25, -0.2) is 23.0 Å². The van der Waals surface area contributed by atoms with Gasteiger partial charge in [-0.05, 0) is 38.8 Å². The topological polar surface area (TPSA) is 112 Å². The molecular weight excluding hydrogens is 452 g/mol. The molecule has 0 saturated carbocycles. The number of carbonyl (C=O) groups is 2. The van der Waals surface area contributed by atoms with Crippen molar-refractivity contribution in [1.82, 2.24) is 10.3 Å². The Morgan fingerprint density at radius 2 is 1.81 bits per heavy atom. The first-order valence-electron chi connectivity index (χ1n) is 10.2. The molecule has 0 fully saturated rings. The Kier molecular flexibility index (Phi) is 8.41. The zero-order chi connectivity index (χ0) is 24.1. The first kappa shape index (κ1) is 25.8. The Labute approximate surface area is 193 Å². The average molecular weight is 483 g/mol. The van der Waals surface area contributed by atoms with Crippen molar-refractivity contribution in [2.24, 2.45) is 5.92 Å². The van der Waals surface area contributed by atoms with Gasteiger partial charge in [0.25, 0.3) is 0 Å². The lowest BCUT2D eigenvalue weighted by Gasteiger charge is -2.25. The van der Waals surface area contributed by atoms with Gasteiger partial charge in [-0.15, -0.1) is 11.3 Å². The summed E-state index contributed by atoms with van der Waals surface area (Å²) in [6.45, 7) is 8.97. The summed E-state index contributed by atoms with van der Waals surface area (Å²) in [6.07, 6.45) is 1.15. The smallest absolute Gasteiger partial charge is 0.408 e. The van der Waals surface area contributed by atoms with Gasteiger partial charge in [-0.1, -0.05) is 32.4 Å². The van der Waals surface area contributed by atoms with Crippen molar-refractivity contribution in [2.45, 2.75) is 64.2 Å². The van der Waals surface area contributed by atoms with E-state index in [0.717, 1.165) is 11.8 Å². The van der Waals surface area contributed by atoms with Crippen molar-refractivity contribution in [1.29, 1.82) is 0 Å². The number of carbonyl (C=O) groups excluding carboxylic acids is 2. The van der Waals surface area contributed by atoms with Gasteiger partial charge in [0, 0.05) is 17.2 Å². The molecule has 10 heteroatoms. The van der Waals surface area contributed by atoms with Crippen LogP contribution in [-0.4, -0.2) is 43.4 Å². The fourth-order valence-corrected chi connectivity index (χ4v) is 4.13. The van der Waals surface area contributed by atoms with E-state index < -0.39 is 33.5 Å². The Morgan fingerprint density at radius 1 is 1.19 bits per heavy atom. The molecule has 2 atom stereocenters. The monoisotopic (exact) mass is 482 g/mol. The number of rotatable bonds is 8. The number of esters is 1. The molecule has 1 amide bonds. The molecule has 1 aromatic heterocycles. The van der Waals surface area contributed by atoms with Gasteiger partial charge in [-0.3, -0.25) is 0 Å². The van der Waals surface area contributed by atoms with Crippen LogP contribution in [0.5, 0.6) is 0 Å². The van der Waals surface area contributed by atoms with Gasteiger partial charge < -0.3 is 14.8 Å². The molecular formula is C22H30N2O6S2. The SMILES string of the molecule is CC[C@@H](C)[C@@H](NC(=O)OC(C)(C)C)C(=O)OCc1csc(-c2ccc(S(C)(=O)=O)cc2)n1. The maximum Gasteiger partial charge on any atom is 0.408 e. The van der Waals surface area contributed by atoms with Crippen molar-refractivity contribution >= 4 is 33.2 Å². The van der Waals surface area contributed by atoms with E-state index in [1.54, 1.807) is 38.3 Å². The lowest BCUT2D eigenvalue weighted by molar-refractivity contribution is -0.149. The largest absolute Gasteiger partial charge is 0.458 e. The van der Waals surface area contributed by atoms with Crippen LogP contribution in [0.25, 0.3) is 10.6 Å². The van der Waals surface area contributed by atoms with Gasteiger partial charge in [0.2, 0.25) is 0 Å². The fraction of sp³-hybridized carbons (Fsp3) is 0.500. The number of amides is 1. The van der Waals surface area contributed by atoms with Crippen molar-refractivity contribution in [3.63, 3.8) is 0 Å². The Morgan fingerprint density at radius 3 is 2.34 bits per heavy atom. The molecule has 0 bridgehead atoms. The molecule has 2 aromatic rings. The predicted octanol–water partition coefficient (Wildman–Crippen LogP) is 4.20. The third-order valence-electron chi connectivity index (χ3n) is 4.58. The van der Waals surface area contributed by atoms with E-state index >= 15 is 0 Å². The number of hydrogen-bond acceptors (Lipinski definition) is 8. The fourth-order valence-electron chi connectivity index (χ4n) is 2.69. The van der Waals surface area contributed by atoms with Crippen LogP contribution in [-0.2, 0) is 30.7 Å². The minimum Gasteiger partial charge on any atom is -0.458 e. The van der Waals surface area contributed by atoms with E-state index in [9.17, 15) is 18.0 Å². The third kappa shape index (κ3) is 7.59. The van der Waals surface area contributed by atoms with Crippen molar-refractivity contribution in [2.75, 3.05) is 6.26 Å². The van der Waals surface area contributed by atoms with E-state index in [4.69, 9.17) is 9.47 Å². The average Bonchev–Trinajstić information content (AvgIpc) is 3.17. The first-order chi connectivity index (χ1) is 14.8. The number of sulfone groups is 1. The van der Waals surface area contributed by atoms with Crippen LogP contribution in [0.2, 0.25) is 0 Å². The van der Waals surface area contributed by atoms with Gasteiger partial charge in [0.15, 0.2) is 9.84 Å². The summed E-state index contributed by atoms with van der Waals surface area (Å²) in [5.41, 5.74) is 0.652.